The van der Waals surface area contributed by atoms with Crippen LogP contribution in [0.5, 0.6) is 0 Å². The summed E-state index contributed by atoms with van der Waals surface area (Å²) >= 11 is 0. The molecule has 1 aliphatic rings. The van der Waals surface area contributed by atoms with E-state index in [4.69, 9.17) is 20.2 Å². The van der Waals surface area contributed by atoms with Gasteiger partial charge in [0.15, 0.2) is 0 Å². The summed E-state index contributed by atoms with van der Waals surface area (Å²) in [6, 6.07) is 10.3. The largest absolute Gasteiger partial charge is 0.378 e. The third-order valence-electron chi connectivity index (χ3n) is 4.43. The number of anilines is 2. The molecule has 0 aliphatic carbocycles. The van der Waals surface area contributed by atoms with E-state index in [1.807, 2.05) is 18.2 Å². The average Bonchev–Trinajstić information content (AvgIpc) is 3.26. The highest BCUT2D eigenvalue weighted by Gasteiger charge is 2.17. The second-order valence-electron chi connectivity index (χ2n) is 6.67. The SMILES string of the molecule is NCCOCCOCCNc1nc(Cc2ccccc2)nc(N2CCCC2)n1. The van der Waals surface area contributed by atoms with Gasteiger partial charge >= 0.3 is 0 Å². The Balaban J connectivity index is 1.56. The minimum absolute atomic E-state index is 0.533. The Morgan fingerprint density at radius 2 is 1.68 bits per heavy atom. The molecule has 152 valence electrons. The molecule has 0 radical (unpaired) electrons. The lowest BCUT2D eigenvalue weighted by molar-refractivity contribution is 0.0547. The summed E-state index contributed by atoms with van der Waals surface area (Å²) in [4.78, 5) is 16.1. The van der Waals surface area contributed by atoms with Crippen LogP contribution in [-0.2, 0) is 15.9 Å². The minimum atomic E-state index is 0.533. The maximum Gasteiger partial charge on any atom is 0.230 e. The highest BCUT2D eigenvalue weighted by Crippen LogP contribution is 2.18. The average molecular weight is 387 g/mol. The lowest BCUT2D eigenvalue weighted by atomic mass is 10.1. The molecule has 0 atom stereocenters. The lowest BCUT2D eigenvalue weighted by Gasteiger charge is -2.17. The second kappa shape index (κ2) is 11.5. The second-order valence-corrected chi connectivity index (χ2v) is 6.67. The summed E-state index contributed by atoms with van der Waals surface area (Å²) in [6.45, 7) is 5.40. The van der Waals surface area contributed by atoms with Crippen LogP contribution in [0.25, 0.3) is 0 Å². The van der Waals surface area contributed by atoms with Crippen LogP contribution in [0.2, 0.25) is 0 Å². The first kappa shape index (κ1) is 20.4. The zero-order valence-corrected chi connectivity index (χ0v) is 16.3. The fourth-order valence-electron chi connectivity index (χ4n) is 3.04. The first-order valence-corrected chi connectivity index (χ1v) is 9.98. The van der Waals surface area contributed by atoms with Gasteiger partial charge in [-0.2, -0.15) is 15.0 Å². The number of hydrogen-bond acceptors (Lipinski definition) is 8. The molecule has 2 aromatic rings. The summed E-state index contributed by atoms with van der Waals surface area (Å²) in [7, 11) is 0. The van der Waals surface area contributed by atoms with E-state index in [9.17, 15) is 0 Å². The van der Waals surface area contributed by atoms with Gasteiger partial charge in [0.1, 0.15) is 5.82 Å². The summed E-state index contributed by atoms with van der Waals surface area (Å²) in [6.07, 6.45) is 3.05. The van der Waals surface area contributed by atoms with Crippen molar-refractivity contribution >= 4 is 11.9 Å². The van der Waals surface area contributed by atoms with Gasteiger partial charge in [0, 0.05) is 32.6 Å². The van der Waals surface area contributed by atoms with Crippen molar-refractivity contribution in [3.05, 3.63) is 41.7 Å². The van der Waals surface area contributed by atoms with E-state index in [0.29, 0.717) is 51.9 Å². The number of aromatic nitrogens is 3. The van der Waals surface area contributed by atoms with Crippen LogP contribution in [0, 0.1) is 0 Å². The zero-order valence-electron chi connectivity index (χ0n) is 16.3. The fraction of sp³-hybridized carbons (Fsp3) is 0.550. The predicted octanol–water partition coefficient (Wildman–Crippen LogP) is 1.47. The van der Waals surface area contributed by atoms with E-state index in [1.165, 1.54) is 18.4 Å². The number of nitrogens with one attached hydrogen (secondary N) is 1. The van der Waals surface area contributed by atoms with Crippen LogP contribution in [0.4, 0.5) is 11.9 Å². The number of hydrogen-bond donors (Lipinski definition) is 2. The standard InChI is InChI=1S/C20H30N6O2/c21-8-12-27-14-15-28-13-9-22-19-23-18(16-17-6-2-1-3-7-17)24-20(25-19)26-10-4-5-11-26/h1-3,6-7H,4-5,8-16,21H2,(H,22,23,24,25). The number of benzene rings is 1. The molecule has 1 fully saturated rings. The lowest BCUT2D eigenvalue weighted by Crippen LogP contribution is -2.23. The maximum absolute atomic E-state index is 5.55. The number of ether oxygens (including phenoxy) is 2. The quantitative estimate of drug-likeness (QED) is 0.529. The molecule has 0 unspecified atom stereocenters. The van der Waals surface area contributed by atoms with Gasteiger partial charge < -0.3 is 25.4 Å². The van der Waals surface area contributed by atoms with E-state index in [-0.39, 0.29) is 0 Å². The first-order valence-electron chi connectivity index (χ1n) is 9.98. The molecule has 1 saturated heterocycles. The summed E-state index contributed by atoms with van der Waals surface area (Å²) in [5, 5.41) is 3.26. The highest BCUT2D eigenvalue weighted by molar-refractivity contribution is 5.38. The molecule has 8 nitrogen and oxygen atoms in total. The van der Waals surface area contributed by atoms with Crippen molar-refractivity contribution < 1.29 is 9.47 Å². The van der Waals surface area contributed by atoms with E-state index in [0.717, 1.165) is 24.9 Å². The molecule has 8 heteroatoms. The molecule has 28 heavy (non-hydrogen) atoms. The Morgan fingerprint density at radius 1 is 0.929 bits per heavy atom. The van der Waals surface area contributed by atoms with Crippen LogP contribution in [0.15, 0.2) is 30.3 Å². The summed E-state index contributed by atoms with van der Waals surface area (Å²) in [5.74, 6) is 2.14. The molecule has 3 N–H and O–H groups in total. The minimum Gasteiger partial charge on any atom is -0.378 e. The monoisotopic (exact) mass is 386 g/mol. The third-order valence-corrected chi connectivity index (χ3v) is 4.43. The van der Waals surface area contributed by atoms with Gasteiger partial charge in [0.05, 0.1) is 26.4 Å². The topological polar surface area (TPSA) is 98.4 Å². The molecule has 2 heterocycles. The van der Waals surface area contributed by atoms with E-state index < -0.39 is 0 Å². The van der Waals surface area contributed by atoms with Crippen LogP contribution in [0.1, 0.15) is 24.2 Å². The molecular weight excluding hydrogens is 356 g/mol. The molecule has 1 aromatic heterocycles. The van der Waals surface area contributed by atoms with Gasteiger partial charge in [-0.3, -0.25) is 0 Å². The van der Waals surface area contributed by atoms with Crippen molar-refractivity contribution in [3.8, 4) is 0 Å². The van der Waals surface area contributed by atoms with Crippen LogP contribution in [-0.4, -0.2) is 67.6 Å². The number of nitrogens with two attached hydrogens (primary N) is 1. The zero-order chi connectivity index (χ0) is 19.4. The Morgan fingerprint density at radius 3 is 2.43 bits per heavy atom. The van der Waals surface area contributed by atoms with Crippen molar-refractivity contribution in [1.29, 1.82) is 0 Å². The Bertz CT molecular complexity index is 694. The maximum atomic E-state index is 5.55. The van der Waals surface area contributed by atoms with Crippen molar-refractivity contribution in [2.24, 2.45) is 5.73 Å². The molecule has 0 bridgehead atoms. The van der Waals surface area contributed by atoms with E-state index in [2.05, 4.69) is 32.3 Å². The van der Waals surface area contributed by atoms with Gasteiger partial charge in [-0.05, 0) is 18.4 Å². The third kappa shape index (κ3) is 6.70. The molecule has 0 saturated carbocycles. The Kier molecular flexibility index (Phi) is 8.42. The van der Waals surface area contributed by atoms with Crippen molar-refractivity contribution in [2.45, 2.75) is 19.3 Å². The molecule has 1 aliphatic heterocycles. The van der Waals surface area contributed by atoms with Crippen molar-refractivity contribution in [1.82, 2.24) is 15.0 Å². The van der Waals surface area contributed by atoms with Crippen molar-refractivity contribution in [3.63, 3.8) is 0 Å². The van der Waals surface area contributed by atoms with Gasteiger partial charge in [-0.1, -0.05) is 30.3 Å². The van der Waals surface area contributed by atoms with Gasteiger partial charge in [0.2, 0.25) is 11.9 Å². The van der Waals surface area contributed by atoms with Crippen LogP contribution >= 0.6 is 0 Å². The molecule has 3 rings (SSSR count). The van der Waals surface area contributed by atoms with E-state index >= 15 is 0 Å². The van der Waals surface area contributed by atoms with Gasteiger partial charge in [0.25, 0.3) is 0 Å². The van der Waals surface area contributed by atoms with Gasteiger partial charge in [-0.25, -0.2) is 0 Å². The Labute approximate surface area is 166 Å². The highest BCUT2D eigenvalue weighted by atomic mass is 16.5. The molecular formula is C20H30N6O2. The Hall–Kier alpha value is -2.29. The van der Waals surface area contributed by atoms with Gasteiger partial charge in [-0.15, -0.1) is 0 Å². The first-order chi connectivity index (χ1) is 13.8. The summed E-state index contributed by atoms with van der Waals surface area (Å²) in [5.41, 5.74) is 6.56. The number of nitrogens with zero attached hydrogens (tertiary/aromatic N) is 4. The van der Waals surface area contributed by atoms with E-state index in [1.54, 1.807) is 0 Å². The smallest absolute Gasteiger partial charge is 0.230 e. The fourth-order valence-corrected chi connectivity index (χ4v) is 3.04. The van der Waals surface area contributed by atoms with Crippen LogP contribution < -0.4 is 16.0 Å². The normalized spacial score (nSPS) is 13.8. The molecule has 0 spiro atoms. The van der Waals surface area contributed by atoms with Crippen molar-refractivity contribution in [2.75, 3.05) is 62.8 Å². The summed E-state index contributed by atoms with van der Waals surface area (Å²) < 4.78 is 10.8. The predicted molar refractivity (Wildman–Crippen MR) is 110 cm³/mol. The number of rotatable bonds is 12. The van der Waals surface area contributed by atoms with Crippen LogP contribution in [0.3, 0.4) is 0 Å². The molecule has 1 aromatic carbocycles. The molecule has 0 amide bonds.